The Balaban J connectivity index is 2.46. The Morgan fingerprint density at radius 1 is 1.47 bits per heavy atom. The number of hydrogen-bond donors (Lipinski definition) is 1. The molecule has 17 heavy (non-hydrogen) atoms. The van der Waals surface area contributed by atoms with Crippen LogP contribution in [-0.4, -0.2) is 39.8 Å². The van der Waals surface area contributed by atoms with Gasteiger partial charge in [-0.1, -0.05) is 12.1 Å². The maximum Gasteiger partial charge on any atom is 0.240 e. The summed E-state index contributed by atoms with van der Waals surface area (Å²) in [5.41, 5.74) is 2.07. The molecule has 4 nitrogen and oxygen atoms in total. The van der Waals surface area contributed by atoms with E-state index >= 15 is 0 Å². The van der Waals surface area contributed by atoms with Gasteiger partial charge >= 0.3 is 0 Å². The van der Waals surface area contributed by atoms with E-state index in [2.05, 4.69) is 5.32 Å². The third-order valence-corrected chi connectivity index (χ3v) is 2.52. The number of likely N-dealkylation sites (N-methyl/N-ethyl adjacent to an activating group) is 1. The minimum absolute atomic E-state index is 0.0479. The number of hydrogen-bond acceptors (Lipinski definition) is 3. The summed E-state index contributed by atoms with van der Waals surface area (Å²) in [5, 5.41) is 3.04. The molecule has 94 valence electrons. The van der Waals surface area contributed by atoms with Gasteiger partial charge in [-0.15, -0.1) is 0 Å². The molecule has 0 saturated carbocycles. The number of anilines is 1. The Morgan fingerprint density at radius 3 is 2.88 bits per heavy atom. The van der Waals surface area contributed by atoms with Crippen molar-refractivity contribution in [3.05, 3.63) is 29.8 Å². The second-order valence-electron chi connectivity index (χ2n) is 3.96. The fraction of sp³-hybridized carbons (Fsp3) is 0.462. The van der Waals surface area contributed by atoms with Gasteiger partial charge in [0, 0.05) is 26.4 Å². The zero-order chi connectivity index (χ0) is 12.7. The standard InChI is InChI=1S/C13H20N2O2/c1-11-5-4-6-12(9-11)15(2)13(16)10-14-7-8-17-3/h4-6,9,14H,7-8,10H2,1-3H3. The average molecular weight is 236 g/mol. The Hall–Kier alpha value is -1.39. The number of benzene rings is 1. The molecule has 0 bridgehead atoms. The number of amides is 1. The maximum atomic E-state index is 11.8. The normalized spacial score (nSPS) is 10.3. The minimum atomic E-state index is 0.0479. The molecule has 0 spiro atoms. The second-order valence-corrected chi connectivity index (χ2v) is 3.96. The van der Waals surface area contributed by atoms with Crippen molar-refractivity contribution < 1.29 is 9.53 Å². The predicted octanol–water partition coefficient (Wildman–Crippen LogP) is 1.19. The van der Waals surface area contributed by atoms with Crippen LogP contribution in [0.2, 0.25) is 0 Å². The Labute approximate surface area is 103 Å². The number of carbonyl (C=O) groups excluding carboxylic acids is 1. The number of methoxy groups -OCH3 is 1. The average Bonchev–Trinajstić information content (AvgIpc) is 2.33. The van der Waals surface area contributed by atoms with Crippen LogP contribution in [0.25, 0.3) is 0 Å². The van der Waals surface area contributed by atoms with Gasteiger partial charge in [0.15, 0.2) is 0 Å². The van der Waals surface area contributed by atoms with Gasteiger partial charge in [0.2, 0.25) is 5.91 Å². The Kier molecular flexibility index (Phi) is 5.66. The van der Waals surface area contributed by atoms with Crippen molar-refractivity contribution in [3.63, 3.8) is 0 Å². The molecule has 0 atom stereocenters. The van der Waals surface area contributed by atoms with Crippen LogP contribution in [0.5, 0.6) is 0 Å². The molecule has 0 aromatic heterocycles. The van der Waals surface area contributed by atoms with Gasteiger partial charge in [-0.2, -0.15) is 0 Å². The van der Waals surface area contributed by atoms with Gasteiger partial charge in [0.05, 0.1) is 13.2 Å². The van der Waals surface area contributed by atoms with E-state index in [0.29, 0.717) is 19.7 Å². The van der Waals surface area contributed by atoms with Gasteiger partial charge in [-0.25, -0.2) is 0 Å². The minimum Gasteiger partial charge on any atom is -0.383 e. The van der Waals surface area contributed by atoms with Gasteiger partial charge in [-0.3, -0.25) is 4.79 Å². The number of carbonyl (C=O) groups is 1. The lowest BCUT2D eigenvalue weighted by molar-refractivity contribution is -0.117. The summed E-state index contributed by atoms with van der Waals surface area (Å²) < 4.78 is 4.90. The first kappa shape index (κ1) is 13.7. The molecule has 0 heterocycles. The molecule has 0 aliphatic rings. The van der Waals surface area contributed by atoms with E-state index in [1.165, 1.54) is 0 Å². The van der Waals surface area contributed by atoms with Crippen LogP contribution in [0.1, 0.15) is 5.56 Å². The van der Waals surface area contributed by atoms with E-state index in [1.54, 1.807) is 19.1 Å². The largest absolute Gasteiger partial charge is 0.383 e. The van der Waals surface area contributed by atoms with Crippen LogP contribution in [-0.2, 0) is 9.53 Å². The summed E-state index contributed by atoms with van der Waals surface area (Å²) in [4.78, 5) is 13.5. The molecule has 1 aromatic carbocycles. The zero-order valence-corrected chi connectivity index (χ0v) is 10.7. The molecule has 0 aliphatic heterocycles. The predicted molar refractivity (Wildman–Crippen MR) is 69.3 cm³/mol. The summed E-state index contributed by atoms with van der Waals surface area (Å²) in [6.45, 7) is 3.64. The van der Waals surface area contributed by atoms with Gasteiger partial charge < -0.3 is 15.0 Å². The highest BCUT2D eigenvalue weighted by Gasteiger charge is 2.09. The number of ether oxygens (including phenoxy) is 1. The van der Waals surface area contributed by atoms with Crippen LogP contribution >= 0.6 is 0 Å². The third kappa shape index (κ3) is 4.54. The zero-order valence-electron chi connectivity index (χ0n) is 10.7. The van der Waals surface area contributed by atoms with Crippen LogP contribution in [0.3, 0.4) is 0 Å². The lowest BCUT2D eigenvalue weighted by Gasteiger charge is -2.18. The van der Waals surface area contributed by atoms with Crippen LogP contribution < -0.4 is 10.2 Å². The number of nitrogens with one attached hydrogen (secondary N) is 1. The van der Waals surface area contributed by atoms with Crippen molar-refractivity contribution in [2.75, 3.05) is 38.8 Å². The van der Waals surface area contributed by atoms with Crippen molar-refractivity contribution >= 4 is 11.6 Å². The molecule has 0 radical (unpaired) electrons. The van der Waals surface area contributed by atoms with Gasteiger partial charge in [0.1, 0.15) is 0 Å². The van der Waals surface area contributed by atoms with E-state index < -0.39 is 0 Å². The summed E-state index contributed by atoms with van der Waals surface area (Å²) >= 11 is 0. The molecule has 1 amide bonds. The maximum absolute atomic E-state index is 11.8. The van der Waals surface area contributed by atoms with Crippen molar-refractivity contribution in [1.82, 2.24) is 5.32 Å². The smallest absolute Gasteiger partial charge is 0.240 e. The van der Waals surface area contributed by atoms with E-state index in [4.69, 9.17) is 4.74 Å². The van der Waals surface area contributed by atoms with E-state index in [1.807, 2.05) is 31.2 Å². The highest BCUT2D eigenvalue weighted by atomic mass is 16.5. The summed E-state index contributed by atoms with van der Waals surface area (Å²) in [7, 11) is 3.43. The second kappa shape index (κ2) is 7.04. The van der Waals surface area contributed by atoms with Gasteiger partial charge in [0.25, 0.3) is 0 Å². The Morgan fingerprint density at radius 2 is 2.24 bits per heavy atom. The number of aryl methyl sites for hydroxylation is 1. The first-order valence-corrected chi connectivity index (χ1v) is 5.68. The lowest BCUT2D eigenvalue weighted by Crippen LogP contribution is -2.36. The van der Waals surface area contributed by atoms with Crippen LogP contribution in [0, 0.1) is 6.92 Å². The van der Waals surface area contributed by atoms with Crippen molar-refractivity contribution in [2.24, 2.45) is 0 Å². The van der Waals surface area contributed by atoms with Crippen molar-refractivity contribution in [3.8, 4) is 0 Å². The fourth-order valence-electron chi connectivity index (χ4n) is 1.47. The van der Waals surface area contributed by atoms with E-state index in [9.17, 15) is 4.79 Å². The first-order chi connectivity index (χ1) is 8.15. The van der Waals surface area contributed by atoms with Crippen molar-refractivity contribution in [2.45, 2.75) is 6.92 Å². The molecular formula is C13H20N2O2. The SMILES string of the molecule is COCCNCC(=O)N(C)c1cccc(C)c1. The number of nitrogens with zero attached hydrogens (tertiary/aromatic N) is 1. The molecule has 0 saturated heterocycles. The quantitative estimate of drug-likeness (QED) is 0.754. The molecule has 0 aliphatic carbocycles. The Bertz CT molecular complexity index is 366. The van der Waals surface area contributed by atoms with Crippen molar-refractivity contribution in [1.29, 1.82) is 0 Å². The number of rotatable bonds is 6. The molecule has 1 N–H and O–H groups in total. The monoisotopic (exact) mass is 236 g/mol. The van der Waals surface area contributed by atoms with Crippen LogP contribution in [0.15, 0.2) is 24.3 Å². The van der Waals surface area contributed by atoms with E-state index in [0.717, 1.165) is 11.3 Å². The highest BCUT2D eigenvalue weighted by Crippen LogP contribution is 2.13. The molecule has 0 fully saturated rings. The van der Waals surface area contributed by atoms with E-state index in [-0.39, 0.29) is 5.91 Å². The summed E-state index contributed by atoms with van der Waals surface area (Å²) in [6.07, 6.45) is 0. The molecule has 4 heteroatoms. The molecule has 0 unspecified atom stereocenters. The third-order valence-electron chi connectivity index (χ3n) is 2.52. The summed E-state index contributed by atoms with van der Waals surface area (Å²) in [6, 6.07) is 7.89. The molecule has 1 aromatic rings. The fourth-order valence-corrected chi connectivity index (χ4v) is 1.47. The highest BCUT2D eigenvalue weighted by molar-refractivity contribution is 5.94. The molecular weight excluding hydrogens is 216 g/mol. The topological polar surface area (TPSA) is 41.6 Å². The van der Waals surface area contributed by atoms with Gasteiger partial charge in [-0.05, 0) is 24.6 Å². The summed E-state index contributed by atoms with van der Waals surface area (Å²) in [5.74, 6) is 0.0479. The molecule has 1 rings (SSSR count). The van der Waals surface area contributed by atoms with Crippen LogP contribution in [0.4, 0.5) is 5.69 Å². The lowest BCUT2D eigenvalue weighted by atomic mass is 10.2. The first-order valence-electron chi connectivity index (χ1n) is 5.68.